The summed E-state index contributed by atoms with van der Waals surface area (Å²) in [7, 11) is 1.96. The van der Waals surface area contributed by atoms with Crippen LogP contribution in [0.4, 0.5) is 10.7 Å². The molecule has 0 saturated heterocycles. The van der Waals surface area contributed by atoms with Crippen LogP contribution in [0.5, 0.6) is 0 Å². The van der Waals surface area contributed by atoms with Crippen molar-refractivity contribution >= 4 is 28.9 Å². The van der Waals surface area contributed by atoms with Crippen molar-refractivity contribution in [2.75, 3.05) is 5.32 Å². The van der Waals surface area contributed by atoms with E-state index in [1.807, 2.05) is 42.1 Å². The average molecular weight is 467 g/mol. The van der Waals surface area contributed by atoms with Gasteiger partial charge in [-0.05, 0) is 45.2 Å². The molecule has 2 heterocycles. The Balaban J connectivity index is 1.52. The Morgan fingerprint density at radius 2 is 1.94 bits per heavy atom. The van der Waals surface area contributed by atoms with Gasteiger partial charge in [-0.25, -0.2) is 4.79 Å². The summed E-state index contributed by atoms with van der Waals surface area (Å²) in [6.07, 6.45) is 7.40. The molecule has 0 radical (unpaired) electrons. The highest BCUT2D eigenvalue weighted by atomic mass is 16.6. The SMILES string of the molecule is Cn1cc(CC(NC(=O)OC(C)(C)C)C(=O)Nc2n[nH]c(C3CCCCC3)n2)c2ccccc21. The number of aromatic amines is 1. The zero-order valence-corrected chi connectivity index (χ0v) is 20.4. The molecule has 0 aliphatic heterocycles. The number of carbonyl (C=O) groups excluding carboxylic acids is 2. The first-order chi connectivity index (χ1) is 16.2. The van der Waals surface area contributed by atoms with Gasteiger partial charge in [0.1, 0.15) is 17.5 Å². The highest BCUT2D eigenvalue weighted by molar-refractivity contribution is 5.96. The molecule has 1 aliphatic carbocycles. The summed E-state index contributed by atoms with van der Waals surface area (Å²) in [5.74, 6) is 0.978. The van der Waals surface area contributed by atoms with Gasteiger partial charge in [0.05, 0.1) is 0 Å². The molecule has 1 aliphatic rings. The van der Waals surface area contributed by atoms with Gasteiger partial charge in [-0.2, -0.15) is 4.98 Å². The lowest BCUT2D eigenvalue weighted by Gasteiger charge is -2.23. The van der Waals surface area contributed by atoms with Gasteiger partial charge in [-0.15, -0.1) is 5.10 Å². The Hall–Kier alpha value is -3.36. The minimum absolute atomic E-state index is 0.222. The van der Waals surface area contributed by atoms with Crippen molar-refractivity contribution in [2.24, 2.45) is 7.05 Å². The van der Waals surface area contributed by atoms with Crippen LogP contribution in [-0.4, -0.2) is 43.4 Å². The van der Waals surface area contributed by atoms with E-state index < -0.39 is 23.6 Å². The summed E-state index contributed by atoms with van der Waals surface area (Å²) in [4.78, 5) is 30.3. The number of benzene rings is 1. The van der Waals surface area contributed by atoms with E-state index in [1.54, 1.807) is 20.8 Å². The third-order valence-corrected chi connectivity index (χ3v) is 6.14. The number of hydrogen-bond acceptors (Lipinski definition) is 5. The van der Waals surface area contributed by atoms with Gasteiger partial charge in [-0.3, -0.25) is 15.2 Å². The molecule has 3 N–H and O–H groups in total. The van der Waals surface area contributed by atoms with Crippen LogP contribution in [-0.2, 0) is 23.0 Å². The Labute approximate surface area is 199 Å². The maximum Gasteiger partial charge on any atom is 0.408 e. The number of anilines is 1. The van der Waals surface area contributed by atoms with Crippen LogP contribution in [0.3, 0.4) is 0 Å². The molecular formula is C25H34N6O3. The lowest BCUT2D eigenvalue weighted by molar-refractivity contribution is -0.118. The molecule has 2 amide bonds. The van der Waals surface area contributed by atoms with Gasteiger partial charge in [0.2, 0.25) is 11.9 Å². The number of para-hydroxylation sites is 1. The molecule has 9 nitrogen and oxygen atoms in total. The molecule has 34 heavy (non-hydrogen) atoms. The number of rotatable bonds is 6. The molecule has 1 aromatic carbocycles. The number of nitrogens with one attached hydrogen (secondary N) is 3. The van der Waals surface area contributed by atoms with Crippen LogP contribution >= 0.6 is 0 Å². The minimum atomic E-state index is -0.864. The fourth-order valence-corrected chi connectivity index (χ4v) is 4.55. The third-order valence-electron chi connectivity index (χ3n) is 6.14. The van der Waals surface area contributed by atoms with E-state index in [2.05, 4.69) is 25.8 Å². The van der Waals surface area contributed by atoms with Crippen molar-refractivity contribution in [1.82, 2.24) is 25.1 Å². The minimum Gasteiger partial charge on any atom is -0.444 e. The monoisotopic (exact) mass is 466 g/mol. The summed E-state index contributed by atoms with van der Waals surface area (Å²) in [6.45, 7) is 5.35. The van der Waals surface area contributed by atoms with Crippen LogP contribution in [0.1, 0.15) is 70.2 Å². The molecule has 4 rings (SSSR count). The zero-order valence-electron chi connectivity index (χ0n) is 20.4. The van der Waals surface area contributed by atoms with Gasteiger partial charge < -0.3 is 14.6 Å². The molecule has 3 aromatic rings. The van der Waals surface area contributed by atoms with E-state index in [-0.39, 0.29) is 5.95 Å². The molecule has 2 aromatic heterocycles. The maximum atomic E-state index is 13.3. The number of aryl methyl sites for hydroxylation is 1. The number of carbonyl (C=O) groups is 2. The van der Waals surface area contributed by atoms with Crippen LogP contribution in [0.2, 0.25) is 0 Å². The van der Waals surface area contributed by atoms with Crippen LogP contribution in [0, 0.1) is 0 Å². The summed E-state index contributed by atoms with van der Waals surface area (Å²) in [5, 5.41) is 13.7. The molecule has 1 saturated carbocycles. The Kier molecular flexibility index (Phi) is 6.90. The summed E-state index contributed by atoms with van der Waals surface area (Å²) in [6, 6.07) is 7.11. The first kappa shape index (κ1) is 23.8. The second-order valence-electron chi connectivity index (χ2n) is 10.1. The van der Waals surface area contributed by atoms with Gasteiger partial charge in [0.15, 0.2) is 0 Å². The maximum absolute atomic E-state index is 13.3. The van der Waals surface area contributed by atoms with Crippen LogP contribution in [0.15, 0.2) is 30.5 Å². The second kappa shape index (κ2) is 9.87. The molecule has 1 fully saturated rings. The van der Waals surface area contributed by atoms with Gasteiger partial charge in [0, 0.05) is 36.5 Å². The largest absolute Gasteiger partial charge is 0.444 e. The zero-order chi connectivity index (χ0) is 24.3. The first-order valence-electron chi connectivity index (χ1n) is 12.0. The summed E-state index contributed by atoms with van der Waals surface area (Å²) in [5.41, 5.74) is 1.33. The van der Waals surface area contributed by atoms with E-state index in [9.17, 15) is 9.59 Å². The number of alkyl carbamates (subject to hydrolysis) is 1. The van der Waals surface area contributed by atoms with Crippen molar-refractivity contribution in [1.29, 1.82) is 0 Å². The smallest absolute Gasteiger partial charge is 0.408 e. The molecule has 1 unspecified atom stereocenters. The molecule has 0 spiro atoms. The predicted octanol–water partition coefficient (Wildman–Crippen LogP) is 4.42. The van der Waals surface area contributed by atoms with Gasteiger partial charge in [-0.1, -0.05) is 37.5 Å². The number of hydrogen-bond donors (Lipinski definition) is 3. The van der Waals surface area contributed by atoms with Crippen molar-refractivity contribution < 1.29 is 14.3 Å². The van der Waals surface area contributed by atoms with E-state index in [4.69, 9.17) is 4.74 Å². The summed E-state index contributed by atoms with van der Waals surface area (Å²) >= 11 is 0. The normalized spacial score (nSPS) is 15.8. The lowest BCUT2D eigenvalue weighted by atomic mass is 9.89. The Morgan fingerprint density at radius 1 is 1.21 bits per heavy atom. The van der Waals surface area contributed by atoms with Crippen LogP contribution in [0.25, 0.3) is 10.9 Å². The van der Waals surface area contributed by atoms with Gasteiger partial charge in [0.25, 0.3) is 0 Å². The van der Waals surface area contributed by atoms with E-state index in [0.29, 0.717) is 12.3 Å². The number of fused-ring (bicyclic) bond motifs is 1. The predicted molar refractivity (Wildman–Crippen MR) is 131 cm³/mol. The lowest BCUT2D eigenvalue weighted by Crippen LogP contribution is -2.47. The quantitative estimate of drug-likeness (QED) is 0.498. The standard InChI is InChI=1S/C25H34N6O3/c1-25(2,3)34-24(33)26-19(14-17-15-31(4)20-13-9-8-12-18(17)20)22(32)28-23-27-21(29-30-23)16-10-6-5-7-11-16/h8-9,12-13,15-16,19H,5-7,10-11,14H2,1-4H3,(H,26,33)(H2,27,28,29,30,32). The molecule has 9 heteroatoms. The molecule has 0 bridgehead atoms. The Morgan fingerprint density at radius 3 is 2.68 bits per heavy atom. The highest BCUT2D eigenvalue weighted by Crippen LogP contribution is 2.30. The van der Waals surface area contributed by atoms with E-state index in [0.717, 1.165) is 35.1 Å². The first-order valence-corrected chi connectivity index (χ1v) is 12.0. The topological polar surface area (TPSA) is 114 Å². The fourth-order valence-electron chi connectivity index (χ4n) is 4.55. The van der Waals surface area contributed by atoms with Crippen molar-refractivity contribution in [2.45, 2.75) is 76.9 Å². The van der Waals surface area contributed by atoms with Gasteiger partial charge >= 0.3 is 6.09 Å². The number of H-pyrrole nitrogens is 1. The number of aromatic nitrogens is 4. The van der Waals surface area contributed by atoms with E-state index >= 15 is 0 Å². The molecule has 182 valence electrons. The average Bonchev–Trinajstić information content (AvgIpc) is 3.37. The van der Waals surface area contributed by atoms with E-state index in [1.165, 1.54) is 19.3 Å². The fraction of sp³-hybridized carbons (Fsp3) is 0.520. The van der Waals surface area contributed by atoms with Crippen molar-refractivity contribution in [3.05, 3.63) is 41.9 Å². The summed E-state index contributed by atoms with van der Waals surface area (Å²) < 4.78 is 7.42. The highest BCUT2D eigenvalue weighted by Gasteiger charge is 2.27. The second-order valence-corrected chi connectivity index (χ2v) is 10.1. The van der Waals surface area contributed by atoms with Crippen molar-refractivity contribution in [3.63, 3.8) is 0 Å². The molecular weight excluding hydrogens is 432 g/mol. The Bertz CT molecular complexity index is 1150. The third kappa shape index (κ3) is 5.76. The van der Waals surface area contributed by atoms with Crippen LogP contribution < -0.4 is 10.6 Å². The number of nitrogens with zero attached hydrogens (tertiary/aromatic N) is 3. The number of ether oxygens (including phenoxy) is 1. The van der Waals surface area contributed by atoms with Crippen molar-refractivity contribution in [3.8, 4) is 0 Å². The molecule has 1 atom stereocenters. The number of amides is 2.